The lowest BCUT2D eigenvalue weighted by Gasteiger charge is -1.91. The van der Waals surface area contributed by atoms with Crippen molar-refractivity contribution in [1.82, 2.24) is 19.8 Å². The Morgan fingerprint density at radius 1 is 1.20 bits per heavy atom. The summed E-state index contributed by atoms with van der Waals surface area (Å²) in [6, 6.07) is 7.64. The third-order valence-corrected chi connectivity index (χ3v) is 2.21. The summed E-state index contributed by atoms with van der Waals surface area (Å²) >= 11 is 0. The molecule has 0 saturated heterocycles. The van der Waals surface area contributed by atoms with Gasteiger partial charge in [0, 0.05) is 5.39 Å². The van der Waals surface area contributed by atoms with E-state index in [1.165, 1.54) is 0 Å². The third-order valence-electron chi connectivity index (χ3n) is 2.21. The molecule has 2 aromatic heterocycles. The molecule has 0 unspecified atom stereocenters. The monoisotopic (exact) mass is 198 g/mol. The lowest BCUT2D eigenvalue weighted by Crippen LogP contribution is -1.97. The fourth-order valence-corrected chi connectivity index (χ4v) is 1.54. The molecule has 1 aromatic carbocycles. The number of carbonyl (C=O) groups excluding carboxylic acids is 1. The van der Waals surface area contributed by atoms with E-state index in [1.54, 1.807) is 10.7 Å². The van der Waals surface area contributed by atoms with Gasteiger partial charge < -0.3 is 0 Å². The van der Waals surface area contributed by atoms with E-state index in [1.807, 2.05) is 24.3 Å². The van der Waals surface area contributed by atoms with Crippen LogP contribution in [0.25, 0.3) is 16.6 Å². The SMILES string of the molecule is O=Cc1cn2nc3ccccc3c2nn1. The minimum absolute atomic E-state index is 0.273. The van der Waals surface area contributed by atoms with Crippen molar-refractivity contribution >= 4 is 22.8 Å². The van der Waals surface area contributed by atoms with Gasteiger partial charge in [-0.15, -0.1) is 10.2 Å². The van der Waals surface area contributed by atoms with Crippen molar-refractivity contribution in [2.75, 3.05) is 0 Å². The van der Waals surface area contributed by atoms with Gasteiger partial charge in [0.05, 0.1) is 11.7 Å². The molecule has 0 aliphatic rings. The summed E-state index contributed by atoms with van der Waals surface area (Å²) in [7, 11) is 0. The highest BCUT2D eigenvalue weighted by molar-refractivity contribution is 5.91. The average Bonchev–Trinajstić information content (AvgIpc) is 2.66. The van der Waals surface area contributed by atoms with Crippen molar-refractivity contribution in [1.29, 1.82) is 0 Å². The van der Waals surface area contributed by atoms with E-state index >= 15 is 0 Å². The average molecular weight is 198 g/mol. The number of aromatic nitrogens is 4. The minimum atomic E-state index is 0.273. The lowest BCUT2D eigenvalue weighted by molar-refractivity contribution is 0.111. The lowest BCUT2D eigenvalue weighted by atomic mass is 10.2. The zero-order valence-corrected chi connectivity index (χ0v) is 7.66. The van der Waals surface area contributed by atoms with Gasteiger partial charge in [0.25, 0.3) is 0 Å². The van der Waals surface area contributed by atoms with E-state index in [9.17, 15) is 4.79 Å². The van der Waals surface area contributed by atoms with Crippen LogP contribution >= 0.6 is 0 Å². The second-order valence-corrected chi connectivity index (χ2v) is 3.16. The molecule has 0 fully saturated rings. The number of carbonyl (C=O) groups is 1. The molecule has 15 heavy (non-hydrogen) atoms. The number of fused-ring (bicyclic) bond motifs is 3. The topological polar surface area (TPSA) is 60.2 Å². The van der Waals surface area contributed by atoms with Crippen molar-refractivity contribution in [3.63, 3.8) is 0 Å². The van der Waals surface area contributed by atoms with Crippen molar-refractivity contribution in [2.24, 2.45) is 0 Å². The predicted octanol–water partition coefficient (Wildman–Crippen LogP) is 1.09. The van der Waals surface area contributed by atoms with Crippen LogP contribution < -0.4 is 0 Å². The second kappa shape index (κ2) is 2.84. The van der Waals surface area contributed by atoms with E-state index in [0.29, 0.717) is 11.9 Å². The summed E-state index contributed by atoms with van der Waals surface area (Å²) in [6.07, 6.45) is 2.22. The molecule has 3 aromatic rings. The summed E-state index contributed by atoms with van der Waals surface area (Å²) in [5.41, 5.74) is 1.78. The maximum atomic E-state index is 10.5. The third kappa shape index (κ3) is 1.10. The predicted molar refractivity (Wildman–Crippen MR) is 53.7 cm³/mol. The first-order valence-electron chi connectivity index (χ1n) is 4.44. The molecule has 0 saturated carbocycles. The van der Waals surface area contributed by atoms with Gasteiger partial charge in [-0.2, -0.15) is 5.10 Å². The minimum Gasteiger partial charge on any atom is -0.296 e. The van der Waals surface area contributed by atoms with Crippen LogP contribution in [0.1, 0.15) is 10.5 Å². The number of hydrogen-bond acceptors (Lipinski definition) is 4. The maximum Gasteiger partial charge on any atom is 0.185 e. The Labute approximate surface area is 84.4 Å². The zero-order valence-electron chi connectivity index (χ0n) is 7.66. The van der Waals surface area contributed by atoms with Crippen LogP contribution in [0.2, 0.25) is 0 Å². The highest BCUT2D eigenvalue weighted by Gasteiger charge is 2.06. The highest BCUT2D eigenvalue weighted by atomic mass is 16.1. The van der Waals surface area contributed by atoms with Gasteiger partial charge in [-0.05, 0) is 12.1 Å². The summed E-state index contributed by atoms with van der Waals surface area (Å²) in [4.78, 5) is 10.5. The van der Waals surface area contributed by atoms with Crippen molar-refractivity contribution < 1.29 is 4.79 Å². The summed E-state index contributed by atoms with van der Waals surface area (Å²) in [5, 5.41) is 12.9. The van der Waals surface area contributed by atoms with E-state index in [2.05, 4.69) is 15.3 Å². The quantitative estimate of drug-likeness (QED) is 0.549. The Balaban J connectivity index is 2.48. The number of benzene rings is 1. The molecule has 0 aliphatic carbocycles. The molecule has 2 heterocycles. The van der Waals surface area contributed by atoms with Crippen molar-refractivity contribution in [3.05, 3.63) is 36.2 Å². The van der Waals surface area contributed by atoms with E-state index in [-0.39, 0.29) is 5.69 Å². The molecule has 0 N–H and O–H groups in total. The normalized spacial score (nSPS) is 10.9. The standard InChI is InChI=1S/C10H6N4O/c15-6-7-5-14-10(12-11-7)8-3-1-2-4-9(8)13-14/h1-6H. The molecule has 0 aliphatic heterocycles. The van der Waals surface area contributed by atoms with Crippen LogP contribution in [-0.2, 0) is 0 Å². The molecule has 72 valence electrons. The van der Waals surface area contributed by atoms with Gasteiger partial charge in [0.2, 0.25) is 0 Å². The van der Waals surface area contributed by atoms with Crippen LogP contribution in [0.5, 0.6) is 0 Å². The summed E-state index contributed by atoms with van der Waals surface area (Å²) in [5.74, 6) is 0. The molecule has 0 spiro atoms. The van der Waals surface area contributed by atoms with E-state index in [0.717, 1.165) is 10.9 Å². The Bertz CT molecular complexity index is 659. The number of rotatable bonds is 1. The molecule has 0 bridgehead atoms. The molecule has 5 nitrogen and oxygen atoms in total. The van der Waals surface area contributed by atoms with Gasteiger partial charge in [0.1, 0.15) is 5.69 Å². The largest absolute Gasteiger partial charge is 0.296 e. The van der Waals surface area contributed by atoms with Gasteiger partial charge in [0.15, 0.2) is 11.9 Å². The molecule has 0 atom stereocenters. The fourth-order valence-electron chi connectivity index (χ4n) is 1.54. The first-order valence-corrected chi connectivity index (χ1v) is 4.44. The van der Waals surface area contributed by atoms with Crippen molar-refractivity contribution in [3.8, 4) is 0 Å². The molecule has 0 amide bonds. The van der Waals surface area contributed by atoms with Crippen LogP contribution in [0, 0.1) is 0 Å². The van der Waals surface area contributed by atoms with Gasteiger partial charge in [-0.3, -0.25) is 4.79 Å². The summed E-state index contributed by atoms with van der Waals surface area (Å²) in [6.45, 7) is 0. The van der Waals surface area contributed by atoms with Crippen LogP contribution in [0.3, 0.4) is 0 Å². The highest BCUT2D eigenvalue weighted by Crippen LogP contribution is 2.16. The first kappa shape index (κ1) is 8.05. The van der Waals surface area contributed by atoms with Crippen LogP contribution in [-0.4, -0.2) is 26.1 Å². The zero-order chi connectivity index (χ0) is 10.3. The smallest absolute Gasteiger partial charge is 0.185 e. The fraction of sp³-hybridized carbons (Fsp3) is 0. The Morgan fingerprint density at radius 2 is 2.07 bits per heavy atom. The first-order chi connectivity index (χ1) is 7.38. The Morgan fingerprint density at radius 3 is 2.93 bits per heavy atom. The Hall–Kier alpha value is -2.30. The van der Waals surface area contributed by atoms with Crippen LogP contribution in [0.15, 0.2) is 30.5 Å². The Kier molecular flexibility index (Phi) is 1.53. The van der Waals surface area contributed by atoms with Crippen molar-refractivity contribution in [2.45, 2.75) is 0 Å². The number of nitrogens with zero attached hydrogens (tertiary/aromatic N) is 4. The summed E-state index contributed by atoms with van der Waals surface area (Å²) < 4.78 is 1.57. The molecule has 5 heteroatoms. The van der Waals surface area contributed by atoms with Gasteiger partial charge >= 0.3 is 0 Å². The molecule has 3 rings (SSSR count). The van der Waals surface area contributed by atoms with Gasteiger partial charge in [-0.1, -0.05) is 12.1 Å². The number of aldehydes is 1. The number of hydrogen-bond donors (Lipinski definition) is 0. The van der Waals surface area contributed by atoms with E-state index in [4.69, 9.17) is 0 Å². The van der Waals surface area contributed by atoms with Gasteiger partial charge in [-0.25, -0.2) is 4.52 Å². The van der Waals surface area contributed by atoms with Crippen LogP contribution in [0.4, 0.5) is 0 Å². The second-order valence-electron chi connectivity index (χ2n) is 3.16. The van der Waals surface area contributed by atoms with E-state index < -0.39 is 0 Å². The molecular weight excluding hydrogens is 192 g/mol. The molecule has 0 radical (unpaired) electrons. The molecular formula is C10H6N4O. The maximum absolute atomic E-state index is 10.5.